The van der Waals surface area contributed by atoms with Gasteiger partial charge in [0.1, 0.15) is 11.8 Å². The third kappa shape index (κ3) is 1.82. The number of H-pyrrole nitrogens is 2. The number of rotatable bonds is 2. The van der Waals surface area contributed by atoms with Gasteiger partial charge in [0, 0.05) is 12.7 Å². The molecular weight excluding hydrogens is 190 g/mol. The minimum absolute atomic E-state index is 0.0669. The van der Waals surface area contributed by atoms with Gasteiger partial charge in [-0.15, -0.1) is 0 Å². The van der Waals surface area contributed by atoms with E-state index in [0.717, 1.165) is 11.1 Å². The van der Waals surface area contributed by atoms with Gasteiger partial charge in [-0.1, -0.05) is 0 Å². The average molecular weight is 198 g/mol. The third-order valence-electron chi connectivity index (χ3n) is 1.63. The lowest BCUT2D eigenvalue weighted by molar-refractivity contribution is -0.246. The topological polar surface area (TPSA) is 109 Å². The summed E-state index contributed by atoms with van der Waals surface area (Å²) in [5.41, 5.74) is -1.61. The second-order valence-electron chi connectivity index (χ2n) is 2.47. The molecule has 14 heavy (non-hydrogen) atoms. The summed E-state index contributed by atoms with van der Waals surface area (Å²) in [6.45, 7) is 1.61. The van der Waals surface area contributed by atoms with Gasteiger partial charge in [0.05, 0.1) is 0 Å². The van der Waals surface area contributed by atoms with Crippen molar-refractivity contribution in [3.63, 3.8) is 0 Å². The fourth-order valence-electron chi connectivity index (χ4n) is 1.00. The SMILES string of the molecule is CCN(C(=O)[O-])c1c[nH]c(=O)[nH]c1=O. The number of anilines is 1. The molecule has 0 radical (unpaired) electrons. The van der Waals surface area contributed by atoms with Crippen molar-refractivity contribution in [2.75, 3.05) is 11.4 Å². The highest BCUT2D eigenvalue weighted by Crippen LogP contribution is 2.02. The number of hydrogen-bond acceptors (Lipinski definition) is 4. The van der Waals surface area contributed by atoms with Gasteiger partial charge in [-0.05, 0) is 6.92 Å². The molecule has 0 bridgehead atoms. The summed E-state index contributed by atoms with van der Waals surface area (Å²) in [6, 6.07) is 0. The second kappa shape index (κ2) is 3.77. The number of amides is 1. The fraction of sp³-hybridized carbons (Fsp3) is 0.286. The van der Waals surface area contributed by atoms with E-state index < -0.39 is 17.3 Å². The minimum Gasteiger partial charge on any atom is -0.530 e. The first-order chi connectivity index (χ1) is 6.56. The molecule has 0 spiro atoms. The lowest BCUT2D eigenvalue weighted by Crippen LogP contribution is -2.44. The molecule has 76 valence electrons. The molecule has 1 aromatic rings. The van der Waals surface area contributed by atoms with E-state index in [-0.39, 0.29) is 12.2 Å². The third-order valence-corrected chi connectivity index (χ3v) is 1.63. The molecule has 1 aromatic heterocycles. The van der Waals surface area contributed by atoms with Crippen molar-refractivity contribution in [2.45, 2.75) is 6.92 Å². The Kier molecular flexibility index (Phi) is 2.70. The molecule has 0 fully saturated rings. The molecule has 0 atom stereocenters. The zero-order valence-electron chi connectivity index (χ0n) is 7.36. The Bertz CT molecular complexity index is 447. The van der Waals surface area contributed by atoms with Crippen molar-refractivity contribution in [3.8, 4) is 0 Å². The maximum atomic E-state index is 11.1. The van der Waals surface area contributed by atoms with Gasteiger partial charge in [-0.3, -0.25) is 9.78 Å². The Balaban J connectivity index is 3.24. The number of carboxylic acid groups (broad SMARTS) is 1. The van der Waals surface area contributed by atoms with Crippen LogP contribution in [0.25, 0.3) is 0 Å². The molecule has 1 heterocycles. The van der Waals surface area contributed by atoms with Crippen LogP contribution in [0.15, 0.2) is 15.8 Å². The molecule has 0 aliphatic heterocycles. The predicted octanol–water partition coefficient (Wildman–Crippen LogP) is -1.77. The standard InChI is InChI=1S/C7H9N3O4/c1-2-10(7(13)14)4-3-8-6(12)9-5(4)11/h3H,2H2,1H3,(H,13,14)(H2,8,9,11,12)/p-1. The van der Waals surface area contributed by atoms with Crippen LogP contribution >= 0.6 is 0 Å². The van der Waals surface area contributed by atoms with E-state index in [4.69, 9.17) is 0 Å². The van der Waals surface area contributed by atoms with Gasteiger partial charge < -0.3 is 19.8 Å². The van der Waals surface area contributed by atoms with Crippen molar-refractivity contribution in [1.29, 1.82) is 0 Å². The molecular formula is C7H8N3O4-. The predicted molar refractivity (Wildman–Crippen MR) is 46.1 cm³/mol. The zero-order valence-corrected chi connectivity index (χ0v) is 7.36. The van der Waals surface area contributed by atoms with Crippen LogP contribution in [0.2, 0.25) is 0 Å². The molecule has 0 aromatic carbocycles. The maximum Gasteiger partial charge on any atom is 0.325 e. The Labute approximate surface area is 78.0 Å². The van der Waals surface area contributed by atoms with Gasteiger partial charge >= 0.3 is 5.69 Å². The van der Waals surface area contributed by atoms with Crippen LogP contribution in [0, 0.1) is 0 Å². The first-order valence-electron chi connectivity index (χ1n) is 3.86. The Morgan fingerprint density at radius 2 is 2.21 bits per heavy atom. The zero-order chi connectivity index (χ0) is 10.7. The van der Waals surface area contributed by atoms with Gasteiger partial charge in [0.2, 0.25) is 0 Å². The van der Waals surface area contributed by atoms with Crippen LogP contribution in [-0.4, -0.2) is 22.6 Å². The number of nitrogens with zero attached hydrogens (tertiary/aromatic N) is 1. The van der Waals surface area contributed by atoms with E-state index in [9.17, 15) is 19.5 Å². The van der Waals surface area contributed by atoms with Crippen molar-refractivity contribution >= 4 is 11.8 Å². The van der Waals surface area contributed by atoms with Gasteiger partial charge in [0.15, 0.2) is 0 Å². The molecule has 0 saturated carbocycles. The van der Waals surface area contributed by atoms with E-state index in [1.807, 2.05) is 4.98 Å². The molecule has 7 heteroatoms. The molecule has 1 amide bonds. The van der Waals surface area contributed by atoms with E-state index in [1.165, 1.54) is 0 Å². The van der Waals surface area contributed by atoms with Crippen LogP contribution in [-0.2, 0) is 0 Å². The van der Waals surface area contributed by atoms with Gasteiger partial charge in [0.25, 0.3) is 5.56 Å². The summed E-state index contributed by atoms with van der Waals surface area (Å²) < 4.78 is 0. The van der Waals surface area contributed by atoms with Crippen LogP contribution in [0.3, 0.4) is 0 Å². The highest BCUT2D eigenvalue weighted by atomic mass is 16.4. The van der Waals surface area contributed by atoms with Gasteiger partial charge in [-0.2, -0.15) is 0 Å². The molecule has 0 aliphatic carbocycles. The summed E-state index contributed by atoms with van der Waals surface area (Å²) in [5, 5.41) is 10.5. The van der Waals surface area contributed by atoms with Crippen molar-refractivity contribution in [1.82, 2.24) is 9.97 Å². The van der Waals surface area contributed by atoms with Crippen molar-refractivity contribution < 1.29 is 9.90 Å². The molecule has 7 nitrogen and oxygen atoms in total. The molecule has 2 N–H and O–H groups in total. The Hall–Kier alpha value is -2.05. The van der Waals surface area contributed by atoms with Crippen LogP contribution in [0.1, 0.15) is 6.92 Å². The number of carbonyl (C=O) groups is 1. The number of hydrogen-bond donors (Lipinski definition) is 2. The lowest BCUT2D eigenvalue weighted by atomic mass is 10.4. The number of carbonyl (C=O) groups excluding carboxylic acids is 1. The highest BCUT2D eigenvalue weighted by molar-refractivity contribution is 5.83. The van der Waals surface area contributed by atoms with Crippen molar-refractivity contribution in [3.05, 3.63) is 27.0 Å². The first-order valence-corrected chi connectivity index (χ1v) is 3.86. The van der Waals surface area contributed by atoms with E-state index in [1.54, 1.807) is 6.92 Å². The summed E-state index contributed by atoms with van der Waals surface area (Å²) in [6.07, 6.45) is -0.467. The van der Waals surface area contributed by atoms with Crippen LogP contribution in [0.4, 0.5) is 10.5 Å². The van der Waals surface area contributed by atoms with Crippen LogP contribution in [0.5, 0.6) is 0 Å². The first kappa shape index (κ1) is 10.0. The Morgan fingerprint density at radius 1 is 1.57 bits per heavy atom. The summed E-state index contributed by atoms with van der Waals surface area (Å²) in [7, 11) is 0. The summed E-state index contributed by atoms with van der Waals surface area (Å²) >= 11 is 0. The number of aromatic amines is 2. The monoisotopic (exact) mass is 198 g/mol. The molecule has 1 rings (SSSR count). The Morgan fingerprint density at radius 3 is 2.64 bits per heavy atom. The smallest absolute Gasteiger partial charge is 0.325 e. The van der Waals surface area contributed by atoms with E-state index in [2.05, 4.69) is 4.98 Å². The largest absolute Gasteiger partial charge is 0.530 e. The van der Waals surface area contributed by atoms with E-state index >= 15 is 0 Å². The fourth-order valence-corrected chi connectivity index (χ4v) is 1.00. The lowest BCUT2D eigenvalue weighted by Gasteiger charge is -2.21. The summed E-state index contributed by atoms with van der Waals surface area (Å²) in [4.78, 5) is 37.1. The molecule has 0 saturated heterocycles. The maximum absolute atomic E-state index is 11.1. The number of nitrogens with one attached hydrogen (secondary N) is 2. The summed E-state index contributed by atoms with van der Waals surface area (Å²) in [5.74, 6) is 0. The number of aromatic nitrogens is 2. The average Bonchev–Trinajstić information content (AvgIpc) is 2.09. The van der Waals surface area contributed by atoms with Gasteiger partial charge in [-0.25, -0.2) is 4.79 Å². The molecule has 0 aliphatic rings. The minimum atomic E-state index is -1.50. The molecule has 0 unspecified atom stereocenters. The normalized spacial score (nSPS) is 9.79. The highest BCUT2D eigenvalue weighted by Gasteiger charge is 2.09. The quantitative estimate of drug-likeness (QED) is 0.586. The van der Waals surface area contributed by atoms with E-state index in [0.29, 0.717) is 0 Å². The van der Waals surface area contributed by atoms with Crippen molar-refractivity contribution in [2.24, 2.45) is 0 Å². The second-order valence-corrected chi connectivity index (χ2v) is 2.47. The van der Waals surface area contributed by atoms with Crippen LogP contribution < -0.4 is 21.3 Å².